The van der Waals surface area contributed by atoms with Gasteiger partial charge in [-0.1, -0.05) is 6.42 Å². The summed E-state index contributed by atoms with van der Waals surface area (Å²) in [5.41, 5.74) is 0. The zero-order chi connectivity index (χ0) is 9.97. The molecule has 2 rings (SSSR count). The van der Waals surface area contributed by atoms with Gasteiger partial charge in [-0.05, 0) is 18.8 Å². The Hall–Kier alpha value is 0.0700. The van der Waals surface area contributed by atoms with Crippen LogP contribution >= 0.6 is 24.2 Å². The predicted octanol–water partition coefficient (Wildman–Crippen LogP) is 1.33. The molecule has 3 nitrogen and oxygen atoms in total. The van der Waals surface area contributed by atoms with Gasteiger partial charge < -0.3 is 4.90 Å². The van der Waals surface area contributed by atoms with Crippen LogP contribution in [0.4, 0.5) is 0 Å². The minimum atomic E-state index is 0. The van der Waals surface area contributed by atoms with Crippen LogP contribution in [0.3, 0.4) is 0 Å². The Labute approximate surface area is 102 Å². The fourth-order valence-corrected chi connectivity index (χ4v) is 2.91. The first kappa shape index (κ1) is 13.1. The molecule has 1 N–H and O–H groups in total. The van der Waals surface area contributed by atoms with Crippen LogP contribution in [0.2, 0.25) is 0 Å². The van der Waals surface area contributed by atoms with Crippen LogP contribution in [0, 0.1) is 5.92 Å². The summed E-state index contributed by atoms with van der Waals surface area (Å²) in [6.45, 7) is 0.960. The normalized spacial score (nSPS) is 25.5. The first-order valence-corrected chi connectivity index (χ1v) is 6.49. The Bertz CT molecular complexity index is 217. The average Bonchev–Trinajstić information content (AvgIpc) is 2.62. The molecule has 1 saturated carbocycles. The van der Waals surface area contributed by atoms with E-state index in [0.717, 1.165) is 24.1 Å². The lowest BCUT2D eigenvalue weighted by Gasteiger charge is -2.31. The minimum absolute atomic E-state index is 0. The first-order chi connectivity index (χ1) is 6.77. The molecule has 1 saturated heterocycles. The van der Waals surface area contributed by atoms with E-state index in [2.05, 4.69) is 5.32 Å². The van der Waals surface area contributed by atoms with Crippen LogP contribution in [0.5, 0.6) is 0 Å². The van der Waals surface area contributed by atoms with E-state index < -0.39 is 0 Å². The summed E-state index contributed by atoms with van der Waals surface area (Å²) in [5, 5.41) is 3.22. The summed E-state index contributed by atoms with van der Waals surface area (Å²) < 4.78 is 0. The van der Waals surface area contributed by atoms with Crippen LogP contribution in [0.1, 0.15) is 19.3 Å². The fourth-order valence-electron chi connectivity index (χ4n) is 1.97. The molecule has 15 heavy (non-hydrogen) atoms. The molecule has 1 heterocycles. The van der Waals surface area contributed by atoms with E-state index >= 15 is 0 Å². The lowest BCUT2D eigenvalue weighted by Crippen LogP contribution is -2.45. The van der Waals surface area contributed by atoms with Crippen LogP contribution < -0.4 is 5.32 Å². The van der Waals surface area contributed by atoms with Gasteiger partial charge in [0.15, 0.2) is 0 Å². The number of halogens is 1. The van der Waals surface area contributed by atoms with Gasteiger partial charge in [0.25, 0.3) is 0 Å². The SMILES string of the molecule is CN(CC1CCC1)C(=O)[C@H]1CSCN1.Cl. The van der Waals surface area contributed by atoms with Crippen molar-refractivity contribution in [2.45, 2.75) is 25.3 Å². The maximum Gasteiger partial charge on any atom is 0.240 e. The number of rotatable bonds is 3. The predicted molar refractivity (Wildman–Crippen MR) is 66.5 cm³/mol. The Morgan fingerprint density at radius 2 is 2.27 bits per heavy atom. The van der Waals surface area contributed by atoms with E-state index in [1.54, 1.807) is 0 Å². The molecule has 1 aliphatic carbocycles. The zero-order valence-electron chi connectivity index (χ0n) is 9.07. The second kappa shape index (κ2) is 5.97. The van der Waals surface area contributed by atoms with Crippen molar-refractivity contribution in [3.8, 4) is 0 Å². The maximum absolute atomic E-state index is 11.9. The van der Waals surface area contributed by atoms with Crippen LogP contribution in [0.15, 0.2) is 0 Å². The molecule has 5 heteroatoms. The smallest absolute Gasteiger partial charge is 0.240 e. The summed E-state index contributed by atoms with van der Waals surface area (Å²) in [4.78, 5) is 13.8. The van der Waals surface area contributed by atoms with Gasteiger partial charge in [-0.2, -0.15) is 0 Å². The molecule has 0 aromatic rings. The van der Waals surface area contributed by atoms with Gasteiger partial charge in [-0.15, -0.1) is 24.2 Å². The van der Waals surface area contributed by atoms with Crippen molar-refractivity contribution in [3.05, 3.63) is 0 Å². The quantitative estimate of drug-likeness (QED) is 0.820. The lowest BCUT2D eigenvalue weighted by atomic mass is 9.85. The summed E-state index contributed by atoms with van der Waals surface area (Å²) in [7, 11) is 1.94. The summed E-state index contributed by atoms with van der Waals surface area (Å²) >= 11 is 1.81. The van der Waals surface area contributed by atoms with Crippen molar-refractivity contribution < 1.29 is 4.79 Å². The summed E-state index contributed by atoms with van der Waals surface area (Å²) in [5.74, 6) is 2.92. The highest BCUT2D eigenvalue weighted by molar-refractivity contribution is 7.99. The molecular formula is C10H19ClN2OS. The number of carbonyl (C=O) groups is 1. The molecule has 1 amide bonds. The molecule has 2 fully saturated rings. The number of hydrogen-bond acceptors (Lipinski definition) is 3. The van der Waals surface area contributed by atoms with Gasteiger partial charge in [0.1, 0.15) is 0 Å². The van der Waals surface area contributed by atoms with Gasteiger partial charge in [0.2, 0.25) is 5.91 Å². The molecule has 0 spiro atoms. The number of nitrogens with zero attached hydrogens (tertiary/aromatic N) is 1. The zero-order valence-corrected chi connectivity index (χ0v) is 10.7. The molecule has 1 atom stereocenters. The van der Waals surface area contributed by atoms with E-state index in [4.69, 9.17) is 0 Å². The monoisotopic (exact) mass is 250 g/mol. The fraction of sp³-hybridized carbons (Fsp3) is 0.900. The third-order valence-electron chi connectivity index (χ3n) is 3.15. The van der Waals surface area contributed by atoms with Gasteiger partial charge in [0, 0.05) is 25.2 Å². The number of likely N-dealkylation sites (N-methyl/N-ethyl adjacent to an activating group) is 1. The molecule has 0 aromatic heterocycles. The van der Waals surface area contributed by atoms with Crippen LogP contribution in [-0.2, 0) is 4.79 Å². The van der Waals surface area contributed by atoms with Crippen molar-refractivity contribution in [2.75, 3.05) is 25.2 Å². The second-order valence-corrected chi connectivity index (χ2v) is 5.32. The number of thioether (sulfide) groups is 1. The lowest BCUT2D eigenvalue weighted by molar-refractivity contribution is -0.132. The summed E-state index contributed by atoms with van der Waals surface area (Å²) in [6.07, 6.45) is 3.97. The topological polar surface area (TPSA) is 32.3 Å². The number of nitrogens with one attached hydrogen (secondary N) is 1. The molecule has 0 unspecified atom stereocenters. The van der Waals surface area contributed by atoms with E-state index in [1.807, 2.05) is 23.7 Å². The highest BCUT2D eigenvalue weighted by Crippen LogP contribution is 2.27. The molecule has 1 aliphatic heterocycles. The molecule has 0 bridgehead atoms. The van der Waals surface area contributed by atoms with E-state index in [9.17, 15) is 4.79 Å². The molecule has 2 aliphatic rings. The van der Waals surface area contributed by atoms with Gasteiger partial charge >= 0.3 is 0 Å². The highest BCUT2D eigenvalue weighted by atomic mass is 35.5. The molecule has 0 radical (unpaired) electrons. The van der Waals surface area contributed by atoms with Crippen molar-refractivity contribution >= 4 is 30.1 Å². The van der Waals surface area contributed by atoms with Gasteiger partial charge in [-0.3, -0.25) is 10.1 Å². The Morgan fingerprint density at radius 1 is 1.53 bits per heavy atom. The van der Waals surface area contributed by atoms with Crippen molar-refractivity contribution in [3.63, 3.8) is 0 Å². The molecule has 88 valence electrons. The van der Waals surface area contributed by atoms with Crippen molar-refractivity contribution in [1.29, 1.82) is 0 Å². The number of amides is 1. The van der Waals surface area contributed by atoms with E-state index in [-0.39, 0.29) is 24.4 Å². The van der Waals surface area contributed by atoms with Gasteiger partial charge in [0.05, 0.1) is 6.04 Å². The summed E-state index contributed by atoms with van der Waals surface area (Å²) in [6, 6.07) is 0.0741. The first-order valence-electron chi connectivity index (χ1n) is 5.33. The largest absolute Gasteiger partial charge is 0.344 e. The van der Waals surface area contributed by atoms with Crippen molar-refractivity contribution in [1.82, 2.24) is 10.2 Å². The molecular weight excluding hydrogens is 232 g/mol. The number of hydrogen-bond donors (Lipinski definition) is 1. The van der Waals surface area contributed by atoms with Crippen LogP contribution in [-0.4, -0.2) is 42.1 Å². The van der Waals surface area contributed by atoms with E-state index in [1.165, 1.54) is 19.3 Å². The second-order valence-electron chi connectivity index (χ2n) is 4.29. The Kier molecular flexibility index (Phi) is 5.23. The minimum Gasteiger partial charge on any atom is -0.344 e. The highest BCUT2D eigenvalue weighted by Gasteiger charge is 2.28. The van der Waals surface area contributed by atoms with Crippen LogP contribution in [0.25, 0.3) is 0 Å². The Balaban J connectivity index is 0.00000112. The van der Waals surface area contributed by atoms with Gasteiger partial charge in [-0.25, -0.2) is 0 Å². The number of carbonyl (C=O) groups excluding carboxylic acids is 1. The Morgan fingerprint density at radius 3 is 2.73 bits per heavy atom. The van der Waals surface area contributed by atoms with E-state index in [0.29, 0.717) is 0 Å². The molecule has 0 aromatic carbocycles. The third kappa shape index (κ3) is 3.26. The maximum atomic E-state index is 11.9. The standard InChI is InChI=1S/C10H18N2OS.ClH/c1-12(5-8-3-2-4-8)10(13)9-6-14-7-11-9;/h8-9,11H,2-7H2,1H3;1H/t9-;/m1./s1. The van der Waals surface area contributed by atoms with Crippen molar-refractivity contribution in [2.24, 2.45) is 5.92 Å². The third-order valence-corrected chi connectivity index (χ3v) is 4.09. The average molecular weight is 251 g/mol.